The molecule has 1 atom stereocenters. The molecule has 4 heteroatoms. The lowest BCUT2D eigenvalue weighted by Crippen LogP contribution is -2.24. The van der Waals surface area contributed by atoms with Gasteiger partial charge in [-0.05, 0) is 29.5 Å². The Morgan fingerprint density at radius 3 is 3.15 bits per heavy atom. The standard InChI is InChI=1S/C9H12IN3/c1-3-4-11-5-8(2)13-7-9(10)6-12-13/h1,6-8,11H,4-5H2,2H3. The molecule has 1 unspecified atom stereocenters. The van der Waals surface area contributed by atoms with Gasteiger partial charge in [-0.25, -0.2) is 0 Å². The number of nitrogens with zero attached hydrogens (tertiary/aromatic N) is 2. The average molecular weight is 289 g/mol. The van der Waals surface area contributed by atoms with Gasteiger partial charge in [0.1, 0.15) is 0 Å². The first-order valence-corrected chi connectivity index (χ1v) is 5.15. The Morgan fingerprint density at radius 1 is 1.85 bits per heavy atom. The van der Waals surface area contributed by atoms with Crippen molar-refractivity contribution in [2.75, 3.05) is 13.1 Å². The van der Waals surface area contributed by atoms with Crippen molar-refractivity contribution in [1.29, 1.82) is 0 Å². The number of hydrogen-bond acceptors (Lipinski definition) is 2. The first kappa shape index (κ1) is 10.5. The SMILES string of the molecule is C#CCNCC(C)n1cc(I)cn1. The Kier molecular flexibility index (Phi) is 4.25. The minimum atomic E-state index is 0.344. The van der Waals surface area contributed by atoms with Crippen LogP contribution in [0.5, 0.6) is 0 Å². The quantitative estimate of drug-likeness (QED) is 0.514. The molecule has 0 amide bonds. The Balaban J connectivity index is 2.40. The van der Waals surface area contributed by atoms with Crippen molar-refractivity contribution in [3.63, 3.8) is 0 Å². The van der Waals surface area contributed by atoms with Gasteiger partial charge in [-0.1, -0.05) is 5.92 Å². The normalized spacial score (nSPS) is 12.4. The van der Waals surface area contributed by atoms with Gasteiger partial charge in [0.15, 0.2) is 0 Å². The summed E-state index contributed by atoms with van der Waals surface area (Å²) in [5, 5.41) is 7.36. The van der Waals surface area contributed by atoms with E-state index in [9.17, 15) is 0 Å². The Morgan fingerprint density at radius 2 is 2.62 bits per heavy atom. The third-order valence-corrected chi connectivity index (χ3v) is 2.25. The molecule has 0 aliphatic carbocycles. The summed E-state index contributed by atoms with van der Waals surface area (Å²) >= 11 is 2.24. The molecular weight excluding hydrogens is 277 g/mol. The van der Waals surface area contributed by atoms with Crippen LogP contribution < -0.4 is 5.32 Å². The van der Waals surface area contributed by atoms with Crippen molar-refractivity contribution in [1.82, 2.24) is 15.1 Å². The van der Waals surface area contributed by atoms with E-state index in [0.29, 0.717) is 12.6 Å². The zero-order valence-electron chi connectivity index (χ0n) is 7.50. The largest absolute Gasteiger partial charge is 0.304 e. The average Bonchev–Trinajstić information content (AvgIpc) is 2.52. The lowest BCUT2D eigenvalue weighted by molar-refractivity contribution is 0.465. The molecule has 1 N–H and O–H groups in total. The van der Waals surface area contributed by atoms with Crippen LogP contribution in [0, 0.1) is 15.9 Å². The molecule has 0 bridgehead atoms. The fourth-order valence-corrected chi connectivity index (χ4v) is 1.41. The van der Waals surface area contributed by atoms with Crippen molar-refractivity contribution in [3.8, 4) is 12.3 Å². The summed E-state index contributed by atoms with van der Waals surface area (Å²) in [6.45, 7) is 3.57. The van der Waals surface area contributed by atoms with Gasteiger partial charge in [-0.2, -0.15) is 5.10 Å². The number of hydrogen-bond donors (Lipinski definition) is 1. The van der Waals surface area contributed by atoms with Gasteiger partial charge in [0.05, 0.1) is 22.4 Å². The number of rotatable bonds is 4. The highest BCUT2D eigenvalue weighted by atomic mass is 127. The maximum Gasteiger partial charge on any atom is 0.0623 e. The molecule has 1 heterocycles. The van der Waals surface area contributed by atoms with Gasteiger partial charge < -0.3 is 5.32 Å². The second-order valence-corrected chi connectivity index (χ2v) is 4.07. The van der Waals surface area contributed by atoms with Gasteiger partial charge in [0.2, 0.25) is 0 Å². The van der Waals surface area contributed by atoms with Crippen LogP contribution in [0.1, 0.15) is 13.0 Å². The molecule has 3 nitrogen and oxygen atoms in total. The van der Waals surface area contributed by atoms with E-state index in [4.69, 9.17) is 6.42 Å². The Bertz CT molecular complexity index is 300. The highest BCUT2D eigenvalue weighted by molar-refractivity contribution is 14.1. The summed E-state index contributed by atoms with van der Waals surface area (Å²) in [6, 6.07) is 0.344. The predicted octanol–water partition coefficient (Wildman–Crippen LogP) is 1.27. The smallest absolute Gasteiger partial charge is 0.0623 e. The lowest BCUT2D eigenvalue weighted by Gasteiger charge is -2.11. The zero-order valence-corrected chi connectivity index (χ0v) is 9.65. The molecule has 0 saturated carbocycles. The van der Waals surface area contributed by atoms with E-state index < -0.39 is 0 Å². The van der Waals surface area contributed by atoms with Gasteiger partial charge >= 0.3 is 0 Å². The molecule has 70 valence electrons. The summed E-state index contributed by atoms with van der Waals surface area (Å²) in [6.07, 6.45) is 8.98. The van der Waals surface area contributed by atoms with Crippen LogP contribution in [0.3, 0.4) is 0 Å². The molecule has 1 rings (SSSR count). The summed E-state index contributed by atoms with van der Waals surface area (Å²) in [4.78, 5) is 0. The van der Waals surface area contributed by atoms with E-state index in [1.165, 1.54) is 0 Å². The van der Waals surface area contributed by atoms with Crippen LogP contribution >= 0.6 is 22.6 Å². The number of terminal acetylenes is 1. The van der Waals surface area contributed by atoms with Crippen molar-refractivity contribution < 1.29 is 0 Å². The van der Waals surface area contributed by atoms with Gasteiger partial charge in [-0.15, -0.1) is 6.42 Å². The number of aromatic nitrogens is 2. The monoisotopic (exact) mass is 289 g/mol. The van der Waals surface area contributed by atoms with Crippen molar-refractivity contribution in [3.05, 3.63) is 16.0 Å². The Labute approximate surface area is 92.0 Å². The van der Waals surface area contributed by atoms with Crippen molar-refractivity contribution in [2.24, 2.45) is 0 Å². The molecule has 13 heavy (non-hydrogen) atoms. The number of halogens is 1. The van der Waals surface area contributed by atoms with Crippen LogP contribution in [0.15, 0.2) is 12.4 Å². The van der Waals surface area contributed by atoms with Crippen LogP contribution in [-0.4, -0.2) is 22.9 Å². The van der Waals surface area contributed by atoms with Gasteiger partial charge in [0, 0.05) is 12.7 Å². The fourth-order valence-electron chi connectivity index (χ4n) is 1.00. The first-order valence-electron chi connectivity index (χ1n) is 4.08. The molecule has 0 aliphatic rings. The molecule has 0 spiro atoms. The summed E-state index contributed by atoms with van der Waals surface area (Å²) in [5.41, 5.74) is 0. The van der Waals surface area contributed by atoms with Crippen LogP contribution in [0.2, 0.25) is 0 Å². The molecule has 0 fully saturated rings. The third-order valence-electron chi connectivity index (χ3n) is 1.69. The highest BCUT2D eigenvalue weighted by Gasteiger charge is 2.04. The molecule has 0 radical (unpaired) electrons. The maximum atomic E-state index is 5.12. The molecule has 0 aliphatic heterocycles. The Hall–Kier alpha value is -0.540. The minimum absolute atomic E-state index is 0.344. The van der Waals surface area contributed by atoms with Crippen molar-refractivity contribution >= 4 is 22.6 Å². The van der Waals surface area contributed by atoms with E-state index in [2.05, 4.69) is 45.9 Å². The molecule has 0 aromatic carbocycles. The molecule has 1 aromatic heterocycles. The van der Waals surface area contributed by atoms with Gasteiger partial charge in [0.25, 0.3) is 0 Å². The fraction of sp³-hybridized carbons (Fsp3) is 0.444. The highest BCUT2D eigenvalue weighted by Crippen LogP contribution is 2.07. The molecular formula is C9H12IN3. The lowest BCUT2D eigenvalue weighted by atomic mass is 10.3. The second-order valence-electron chi connectivity index (χ2n) is 2.82. The summed E-state index contributed by atoms with van der Waals surface area (Å²) < 4.78 is 3.09. The summed E-state index contributed by atoms with van der Waals surface area (Å²) in [7, 11) is 0. The van der Waals surface area contributed by atoms with E-state index in [1.807, 2.05) is 17.1 Å². The van der Waals surface area contributed by atoms with Crippen LogP contribution in [0.25, 0.3) is 0 Å². The van der Waals surface area contributed by atoms with Crippen molar-refractivity contribution in [2.45, 2.75) is 13.0 Å². The van der Waals surface area contributed by atoms with E-state index in [1.54, 1.807) is 0 Å². The molecule has 0 saturated heterocycles. The van der Waals surface area contributed by atoms with Gasteiger partial charge in [-0.3, -0.25) is 4.68 Å². The van der Waals surface area contributed by atoms with Crippen LogP contribution in [0.4, 0.5) is 0 Å². The first-order chi connectivity index (χ1) is 6.24. The molecule has 1 aromatic rings. The summed E-state index contributed by atoms with van der Waals surface area (Å²) in [5.74, 6) is 2.54. The topological polar surface area (TPSA) is 29.9 Å². The van der Waals surface area contributed by atoms with E-state index in [0.717, 1.165) is 10.1 Å². The maximum absolute atomic E-state index is 5.12. The van der Waals surface area contributed by atoms with E-state index in [-0.39, 0.29) is 0 Å². The third kappa shape index (κ3) is 3.36. The zero-order chi connectivity index (χ0) is 9.68. The number of nitrogens with one attached hydrogen (secondary N) is 1. The second kappa shape index (κ2) is 5.25. The predicted molar refractivity (Wildman–Crippen MR) is 61.4 cm³/mol. The van der Waals surface area contributed by atoms with Crippen LogP contribution in [-0.2, 0) is 0 Å². The minimum Gasteiger partial charge on any atom is -0.304 e. The van der Waals surface area contributed by atoms with E-state index >= 15 is 0 Å².